The minimum atomic E-state index is 0.236. The van der Waals surface area contributed by atoms with Gasteiger partial charge in [0.15, 0.2) is 0 Å². The van der Waals surface area contributed by atoms with E-state index >= 15 is 0 Å². The Balaban J connectivity index is 2.41. The normalized spacial score (nSPS) is 29.3. The summed E-state index contributed by atoms with van der Waals surface area (Å²) in [5.74, 6) is 0.802. The molecule has 1 N–H and O–H groups in total. The van der Waals surface area contributed by atoms with Crippen molar-refractivity contribution in [2.75, 3.05) is 20.2 Å². The van der Waals surface area contributed by atoms with Crippen molar-refractivity contribution < 1.29 is 4.74 Å². The van der Waals surface area contributed by atoms with E-state index in [0.29, 0.717) is 11.5 Å². The van der Waals surface area contributed by atoms with E-state index in [1.165, 1.54) is 19.3 Å². The monoisotopic (exact) mass is 241 g/mol. The van der Waals surface area contributed by atoms with E-state index in [-0.39, 0.29) is 5.41 Å². The Morgan fingerprint density at radius 1 is 1.29 bits per heavy atom. The molecule has 2 unspecified atom stereocenters. The fourth-order valence-corrected chi connectivity index (χ4v) is 3.26. The molecule has 1 aliphatic rings. The Morgan fingerprint density at radius 3 is 2.47 bits per heavy atom. The zero-order valence-corrected chi connectivity index (χ0v) is 12.6. The third-order valence-corrected chi connectivity index (χ3v) is 3.71. The van der Waals surface area contributed by atoms with E-state index in [4.69, 9.17) is 4.74 Å². The lowest BCUT2D eigenvalue weighted by atomic mass is 9.71. The molecule has 0 aromatic heterocycles. The van der Waals surface area contributed by atoms with Gasteiger partial charge in [-0.25, -0.2) is 0 Å². The van der Waals surface area contributed by atoms with Crippen molar-refractivity contribution in [1.29, 1.82) is 0 Å². The average molecular weight is 241 g/mol. The van der Waals surface area contributed by atoms with Gasteiger partial charge in [-0.05, 0) is 37.6 Å². The van der Waals surface area contributed by atoms with Crippen LogP contribution in [0.25, 0.3) is 0 Å². The summed E-state index contributed by atoms with van der Waals surface area (Å²) in [6.45, 7) is 13.5. The molecule has 0 aliphatic heterocycles. The highest BCUT2D eigenvalue weighted by Crippen LogP contribution is 2.40. The zero-order chi connectivity index (χ0) is 13.1. The van der Waals surface area contributed by atoms with E-state index in [1.807, 2.05) is 7.05 Å². The average Bonchev–Trinajstić information content (AvgIpc) is 2.11. The Labute approximate surface area is 108 Å². The standard InChI is InChI=1S/C15H31NO/c1-12-7-13(9-14(2,3)8-12)17-11-15(4,5)10-16-6/h12-13,16H,7-11H2,1-6H3. The molecule has 102 valence electrons. The van der Waals surface area contributed by atoms with E-state index in [0.717, 1.165) is 19.1 Å². The number of rotatable bonds is 5. The van der Waals surface area contributed by atoms with Crippen LogP contribution in [-0.2, 0) is 4.74 Å². The van der Waals surface area contributed by atoms with E-state index in [9.17, 15) is 0 Å². The van der Waals surface area contributed by atoms with Crippen LogP contribution in [0.15, 0.2) is 0 Å². The fraction of sp³-hybridized carbons (Fsp3) is 1.00. The second kappa shape index (κ2) is 5.71. The first-order valence-corrected chi connectivity index (χ1v) is 7.00. The predicted molar refractivity (Wildman–Crippen MR) is 74.2 cm³/mol. The minimum Gasteiger partial charge on any atom is -0.378 e. The summed E-state index contributed by atoms with van der Waals surface area (Å²) in [7, 11) is 2.01. The molecule has 2 heteroatoms. The third kappa shape index (κ3) is 5.39. The first-order chi connectivity index (χ1) is 7.74. The Morgan fingerprint density at radius 2 is 1.94 bits per heavy atom. The predicted octanol–water partition coefficient (Wildman–Crippen LogP) is 3.46. The van der Waals surface area contributed by atoms with Crippen molar-refractivity contribution in [3.05, 3.63) is 0 Å². The van der Waals surface area contributed by atoms with Gasteiger partial charge in [-0.3, -0.25) is 0 Å². The number of ether oxygens (including phenoxy) is 1. The Hall–Kier alpha value is -0.0800. The maximum atomic E-state index is 6.17. The summed E-state index contributed by atoms with van der Waals surface area (Å²) >= 11 is 0. The molecule has 2 nitrogen and oxygen atoms in total. The van der Waals surface area contributed by atoms with Gasteiger partial charge in [0, 0.05) is 12.0 Å². The fourth-order valence-electron chi connectivity index (χ4n) is 3.26. The molecule has 2 atom stereocenters. The van der Waals surface area contributed by atoms with Gasteiger partial charge in [-0.15, -0.1) is 0 Å². The first kappa shape index (κ1) is 15.0. The molecule has 1 rings (SSSR count). The van der Waals surface area contributed by atoms with Crippen molar-refractivity contribution in [1.82, 2.24) is 5.32 Å². The SMILES string of the molecule is CNCC(C)(C)COC1CC(C)CC(C)(C)C1. The van der Waals surface area contributed by atoms with Crippen LogP contribution >= 0.6 is 0 Å². The smallest absolute Gasteiger partial charge is 0.0583 e. The number of hydrogen-bond donors (Lipinski definition) is 1. The van der Waals surface area contributed by atoms with Gasteiger partial charge in [0.2, 0.25) is 0 Å². The van der Waals surface area contributed by atoms with Crippen molar-refractivity contribution >= 4 is 0 Å². The quantitative estimate of drug-likeness (QED) is 0.796. The van der Waals surface area contributed by atoms with Crippen molar-refractivity contribution in [2.24, 2.45) is 16.7 Å². The molecule has 0 radical (unpaired) electrons. The van der Waals surface area contributed by atoms with Gasteiger partial charge >= 0.3 is 0 Å². The molecule has 1 saturated carbocycles. The third-order valence-electron chi connectivity index (χ3n) is 3.71. The maximum Gasteiger partial charge on any atom is 0.0583 e. The van der Waals surface area contributed by atoms with Gasteiger partial charge in [0.05, 0.1) is 12.7 Å². The Bertz CT molecular complexity index is 235. The van der Waals surface area contributed by atoms with Crippen LogP contribution in [0.5, 0.6) is 0 Å². The van der Waals surface area contributed by atoms with Crippen molar-refractivity contribution in [3.8, 4) is 0 Å². The summed E-state index contributed by atoms with van der Waals surface area (Å²) in [5, 5.41) is 3.24. The van der Waals surface area contributed by atoms with Gasteiger partial charge in [-0.2, -0.15) is 0 Å². The molecule has 1 aliphatic carbocycles. The van der Waals surface area contributed by atoms with E-state index in [2.05, 4.69) is 39.9 Å². The highest BCUT2D eigenvalue weighted by atomic mass is 16.5. The van der Waals surface area contributed by atoms with Crippen LogP contribution in [0.1, 0.15) is 53.9 Å². The maximum absolute atomic E-state index is 6.17. The minimum absolute atomic E-state index is 0.236. The molecular weight excluding hydrogens is 210 g/mol. The molecule has 17 heavy (non-hydrogen) atoms. The molecule has 0 spiro atoms. The van der Waals surface area contributed by atoms with Crippen LogP contribution < -0.4 is 5.32 Å². The van der Waals surface area contributed by atoms with Gasteiger partial charge in [0.1, 0.15) is 0 Å². The topological polar surface area (TPSA) is 21.3 Å². The highest BCUT2D eigenvalue weighted by molar-refractivity contribution is 4.84. The molecule has 1 fully saturated rings. The summed E-state index contributed by atoms with van der Waals surface area (Å²) in [6.07, 6.45) is 4.25. The Kier molecular flexibility index (Phi) is 5.03. The van der Waals surface area contributed by atoms with Crippen LogP contribution in [0.3, 0.4) is 0 Å². The van der Waals surface area contributed by atoms with E-state index in [1.54, 1.807) is 0 Å². The molecule has 0 amide bonds. The molecule has 0 bridgehead atoms. The lowest BCUT2D eigenvalue weighted by molar-refractivity contribution is -0.0509. The second-order valence-corrected chi connectivity index (χ2v) is 7.54. The highest BCUT2D eigenvalue weighted by Gasteiger charge is 2.33. The molecule has 0 aromatic carbocycles. The molecular formula is C15H31NO. The molecule has 0 saturated heterocycles. The lowest BCUT2D eigenvalue weighted by Crippen LogP contribution is -2.37. The van der Waals surface area contributed by atoms with Crippen molar-refractivity contribution in [2.45, 2.75) is 60.0 Å². The molecule has 0 aromatic rings. The van der Waals surface area contributed by atoms with Gasteiger partial charge in [0.25, 0.3) is 0 Å². The second-order valence-electron chi connectivity index (χ2n) is 7.54. The van der Waals surface area contributed by atoms with Crippen LogP contribution in [0, 0.1) is 16.7 Å². The molecule has 0 heterocycles. The summed E-state index contributed by atoms with van der Waals surface area (Å²) in [6, 6.07) is 0. The van der Waals surface area contributed by atoms with Gasteiger partial charge < -0.3 is 10.1 Å². The van der Waals surface area contributed by atoms with Crippen LogP contribution in [-0.4, -0.2) is 26.3 Å². The van der Waals surface area contributed by atoms with Gasteiger partial charge in [-0.1, -0.05) is 34.6 Å². The summed E-state index contributed by atoms with van der Waals surface area (Å²) in [5.41, 5.74) is 0.690. The number of hydrogen-bond acceptors (Lipinski definition) is 2. The first-order valence-electron chi connectivity index (χ1n) is 7.00. The summed E-state index contributed by atoms with van der Waals surface area (Å²) < 4.78 is 6.17. The lowest BCUT2D eigenvalue weighted by Gasteiger charge is -2.40. The van der Waals surface area contributed by atoms with Crippen molar-refractivity contribution in [3.63, 3.8) is 0 Å². The van der Waals surface area contributed by atoms with E-state index < -0.39 is 0 Å². The van der Waals surface area contributed by atoms with Crippen LogP contribution in [0.2, 0.25) is 0 Å². The zero-order valence-electron chi connectivity index (χ0n) is 12.6. The number of nitrogens with one attached hydrogen (secondary N) is 1. The summed E-state index contributed by atoms with van der Waals surface area (Å²) in [4.78, 5) is 0. The van der Waals surface area contributed by atoms with Crippen LogP contribution in [0.4, 0.5) is 0 Å². The largest absolute Gasteiger partial charge is 0.378 e.